The molecule has 1 fully saturated rings. The van der Waals surface area contributed by atoms with Gasteiger partial charge < -0.3 is 5.32 Å². The molecule has 1 aliphatic heterocycles. The van der Waals surface area contributed by atoms with Crippen LogP contribution in [-0.4, -0.2) is 29.5 Å². The zero-order valence-corrected chi connectivity index (χ0v) is 12.0. The van der Waals surface area contributed by atoms with Crippen molar-refractivity contribution in [3.63, 3.8) is 0 Å². The summed E-state index contributed by atoms with van der Waals surface area (Å²) in [5.74, 6) is -0.652. The van der Waals surface area contributed by atoms with Crippen molar-refractivity contribution >= 4 is 29.5 Å². The molecule has 1 aromatic carbocycles. The van der Waals surface area contributed by atoms with Gasteiger partial charge in [-0.3, -0.25) is 19.7 Å². The van der Waals surface area contributed by atoms with Gasteiger partial charge in [-0.2, -0.15) is 0 Å². The summed E-state index contributed by atoms with van der Waals surface area (Å²) in [6.45, 7) is 1.99. The number of piperidine rings is 1. The van der Waals surface area contributed by atoms with Crippen LogP contribution in [0.5, 0.6) is 0 Å². The zero-order valence-electron chi connectivity index (χ0n) is 11.1. The Balaban J connectivity index is 1.83. The van der Waals surface area contributed by atoms with E-state index in [4.69, 9.17) is 0 Å². The number of benzene rings is 1. The summed E-state index contributed by atoms with van der Waals surface area (Å²) in [5.41, 5.74) is 1.12. The van der Waals surface area contributed by atoms with Crippen molar-refractivity contribution in [1.29, 1.82) is 0 Å². The molecule has 6 heteroatoms. The minimum Gasteiger partial charge on any atom is -0.344 e. The zero-order chi connectivity index (χ0) is 14.5. The molecule has 106 valence electrons. The normalized spacial score (nSPS) is 18.6. The van der Waals surface area contributed by atoms with Crippen LogP contribution in [0.3, 0.4) is 0 Å². The molecular weight excluding hydrogens is 276 g/mol. The van der Waals surface area contributed by atoms with E-state index in [-0.39, 0.29) is 24.0 Å². The van der Waals surface area contributed by atoms with Gasteiger partial charge >= 0.3 is 0 Å². The van der Waals surface area contributed by atoms with Gasteiger partial charge in [-0.15, -0.1) is 11.8 Å². The van der Waals surface area contributed by atoms with Crippen LogP contribution in [0.4, 0.5) is 0 Å². The van der Waals surface area contributed by atoms with Crippen LogP contribution < -0.4 is 10.6 Å². The van der Waals surface area contributed by atoms with Gasteiger partial charge in [0.2, 0.25) is 17.7 Å². The molecule has 3 amide bonds. The smallest absolute Gasteiger partial charge is 0.249 e. The molecule has 0 spiro atoms. The number of aryl methyl sites for hydroxylation is 1. The second kappa shape index (κ2) is 6.56. The lowest BCUT2D eigenvalue weighted by molar-refractivity contribution is -0.136. The summed E-state index contributed by atoms with van der Waals surface area (Å²) >= 11 is 1.43. The number of amides is 3. The topological polar surface area (TPSA) is 75.3 Å². The van der Waals surface area contributed by atoms with E-state index in [1.807, 2.05) is 31.2 Å². The van der Waals surface area contributed by atoms with Crippen molar-refractivity contribution in [3.05, 3.63) is 29.8 Å². The van der Waals surface area contributed by atoms with E-state index in [2.05, 4.69) is 10.6 Å². The fourth-order valence-electron chi connectivity index (χ4n) is 1.93. The number of hydrogen-bond acceptors (Lipinski definition) is 4. The van der Waals surface area contributed by atoms with Crippen LogP contribution in [0.25, 0.3) is 0 Å². The Morgan fingerprint density at radius 1 is 1.40 bits per heavy atom. The lowest BCUT2D eigenvalue weighted by Crippen LogP contribution is -2.52. The largest absolute Gasteiger partial charge is 0.344 e. The van der Waals surface area contributed by atoms with E-state index >= 15 is 0 Å². The van der Waals surface area contributed by atoms with Crippen molar-refractivity contribution < 1.29 is 14.4 Å². The maximum absolute atomic E-state index is 11.8. The molecular formula is C14H16N2O3S. The predicted octanol–water partition coefficient (Wildman–Crippen LogP) is 1.01. The fourth-order valence-corrected chi connectivity index (χ4v) is 2.77. The van der Waals surface area contributed by atoms with Crippen LogP contribution in [0.15, 0.2) is 29.2 Å². The van der Waals surface area contributed by atoms with Gasteiger partial charge in [0.15, 0.2) is 0 Å². The fraction of sp³-hybridized carbons (Fsp3) is 0.357. The Hall–Kier alpha value is -1.82. The van der Waals surface area contributed by atoms with E-state index < -0.39 is 11.9 Å². The Labute approximate surface area is 121 Å². The number of carbonyl (C=O) groups excluding carboxylic acids is 3. The second-order valence-electron chi connectivity index (χ2n) is 4.63. The summed E-state index contributed by atoms with van der Waals surface area (Å²) in [6, 6.07) is 7.22. The van der Waals surface area contributed by atoms with Crippen LogP contribution in [0, 0.1) is 6.92 Å². The van der Waals surface area contributed by atoms with Crippen LogP contribution >= 0.6 is 11.8 Å². The maximum atomic E-state index is 11.8. The van der Waals surface area contributed by atoms with E-state index in [1.54, 1.807) is 0 Å². The monoisotopic (exact) mass is 292 g/mol. The number of rotatable bonds is 4. The van der Waals surface area contributed by atoms with E-state index in [1.165, 1.54) is 11.8 Å². The molecule has 1 aliphatic rings. The molecule has 5 nitrogen and oxygen atoms in total. The van der Waals surface area contributed by atoms with Gasteiger partial charge in [-0.25, -0.2) is 0 Å². The van der Waals surface area contributed by atoms with Gasteiger partial charge in [-0.1, -0.05) is 18.2 Å². The molecule has 0 aliphatic carbocycles. The first-order valence-corrected chi connectivity index (χ1v) is 7.36. The molecule has 0 radical (unpaired) electrons. The highest BCUT2D eigenvalue weighted by Gasteiger charge is 2.27. The van der Waals surface area contributed by atoms with Crippen molar-refractivity contribution in [2.24, 2.45) is 0 Å². The molecule has 0 bridgehead atoms. The summed E-state index contributed by atoms with van der Waals surface area (Å²) in [5, 5.41) is 4.87. The molecule has 2 rings (SSSR count). The summed E-state index contributed by atoms with van der Waals surface area (Å²) in [4.78, 5) is 35.4. The Morgan fingerprint density at radius 2 is 2.15 bits per heavy atom. The number of thioether (sulfide) groups is 1. The first-order chi connectivity index (χ1) is 9.56. The first kappa shape index (κ1) is 14.6. The first-order valence-electron chi connectivity index (χ1n) is 6.38. The standard InChI is InChI=1S/C14H16N2O3S/c1-9-4-2-3-5-11(9)20-8-13(18)15-10-6-7-12(17)16-14(10)19/h2-5,10H,6-8H2,1H3,(H,15,18)(H,16,17,19). The maximum Gasteiger partial charge on any atom is 0.249 e. The number of hydrogen-bond donors (Lipinski definition) is 2. The Morgan fingerprint density at radius 3 is 2.85 bits per heavy atom. The number of carbonyl (C=O) groups is 3. The van der Waals surface area contributed by atoms with Crippen LogP contribution in [0.1, 0.15) is 18.4 Å². The summed E-state index contributed by atoms with van der Waals surface area (Å²) in [7, 11) is 0. The van der Waals surface area contributed by atoms with E-state index in [0.29, 0.717) is 6.42 Å². The highest BCUT2D eigenvalue weighted by Crippen LogP contribution is 2.21. The van der Waals surface area contributed by atoms with Crippen molar-refractivity contribution in [3.8, 4) is 0 Å². The van der Waals surface area contributed by atoms with E-state index in [9.17, 15) is 14.4 Å². The minimum atomic E-state index is -0.599. The van der Waals surface area contributed by atoms with Gasteiger partial charge in [0.25, 0.3) is 0 Å². The third kappa shape index (κ3) is 3.84. The van der Waals surface area contributed by atoms with Gasteiger partial charge in [-0.05, 0) is 25.0 Å². The van der Waals surface area contributed by atoms with Crippen molar-refractivity contribution in [2.45, 2.75) is 30.7 Å². The predicted molar refractivity (Wildman–Crippen MR) is 76.2 cm³/mol. The van der Waals surface area contributed by atoms with Crippen LogP contribution in [0.2, 0.25) is 0 Å². The molecule has 20 heavy (non-hydrogen) atoms. The molecule has 1 aromatic rings. The number of nitrogens with one attached hydrogen (secondary N) is 2. The SMILES string of the molecule is Cc1ccccc1SCC(=O)NC1CCC(=O)NC1=O. The molecule has 1 atom stereocenters. The Kier molecular flexibility index (Phi) is 4.79. The second-order valence-corrected chi connectivity index (χ2v) is 5.64. The molecule has 1 heterocycles. The summed E-state index contributed by atoms with van der Waals surface area (Å²) < 4.78 is 0. The lowest BCUT2D eigenvalue weighted by Gasteiger charge is -2.21. The Bertz CT molecular complexity index is 545. The average molecular weight is 292 g/mol. The lowest BCUT2D eigenvalue weighted by atomic mass is 10.1. The third-order valence-electron chi connectivity index (χ3n) is 3.03. The highest BCUT2D eigenvalue weighted by atomic mass is 32.2. The average Bonchev–Trinajstić information content (AvgIpc) is 2.41. The van der Waals surface area contributed by atoms with Crippen LogP contribution in [-0.2, 0) is 14.4 Å². The van der Waals surface area contributed by atoms with E-state index in [0.717, 1.165) is 10.5 Å². The molecule has 0 saturated carbocycles. The van der Waals surface area contributed by atoms with Crippen molar-refractivity contribution in [2.75, 3.05) is 5.75 Å². The summed E-state index contributed by atoms with van der Waals surface area (Å²) in [6.07, 6.45) is 0.632. The molecule has 0 aromatic heterocycles. The minimum absolute atomic E-state index is 0.201. The third-order valence-corrected chi connectivity index (χ3v) is 4.20. The number of imide groups is 1. The van der Waals surface area contributed by atoms with Gasteiger partial charge in [0, 0.05) is 11.3 Å². The van der Waals surface area contributed by atoms with Gasteiger partial charge in [0.05, 0.1) is 5.75 Å². The molecule has 1 unspecified atom stereocenters. The molecule has 1 saturated heterocycles. The van der Waals surface area contributed by atoms with Crippen molar-refractivity contribution in [1.82, 2.24) is 10.6 Å². The molecule has 2 N–H and O–H groups in total. The quantitative estimate of drug-likeness (QED) is 0.641. The highest BCUT2D eigenvalue weighted by molar-refractivity contribution is 8.00. The van der Waals surface area contributed by atoms with Gasteiger partial charge in [0.1, 0.15) is 6.04 Å².